The minimum absolute atomic E-state index is 0.375. The number of benzene rings is 1. The molecule has 0 atom stereocenters. The van der Waals surface area contributed by atoms with Crippen LogP contribution in [0.15, 0.2) is 17.1 Å². The van der Waals surface area contributed by atoms with Crippen LogP contribution in [-0.4, -0.2) is 26.5 Å². The molecule has 86 valence electrons. The zero-order chi connectivity index (χ0) is 12.0. The third-order valence-electron chi connectivity index (χ3n) is 2.12. The van der Waals surface area contributed by atoms with Gasteiger partial charge in [-0.05, 0) is 12.2 Å². The van der Waals surface area contributed by atoms with Crippen molar-refractivity contribution >= 4 is 17.4 Å². The lowest BCUT2D eigenvalue weighted by Crippen LogP contribution is -1.97. The number of isothiocyanates is 1. The Morgan fingerprint density at radius 1 is 1.12 bits per heavy atom. The second kappa shape index (κ2) is 6.10. The molecule has 0 fully saturated rings. The molecule has 0 N–H and O–H groups in total. The zero-order valence-corrected chi connectivity index (χ0v) is 10.3. The van der Waals surface area contributed by atoms with Gasteiger partial charge in [-0.3, -0.25) is 0 Å². The number of hydrogen-bond donors (Lipinski definition) is 0. The molecule has 0 aliphatic rings. The van der Waals surface area contributed by atoms with E-state index in [4.69, 9.17) is 14.2 Å². The molecule has 5 heteroatoms. The van der Waals surface area contributed by atoms with Crippen molar-refractivity contribution in [1.82, 2.24) is 0 Å². The molecule has 0 aliphatic heterocycles. The number of rotatable bonds is 5. The van der Waals surface area contributed by atoms with Crippen LogP contribution >= 0.6 is 12.2 Å². The van der Waals surface area contributed by atoms with Gasteiger partial charge < -0.3 is 14.2 Å². The Bertz CT molecular complexity index is 389. The molecule has 0 saturated heterocycles. The third kappa shape index (κ3) is 2.72. The van der Waals surface area contributed by atoms with Gasteiger partial charge in [-0.2, -0.15) is 0 Å². The molecule has 0 radical (unpaired) electrons. The molecule has 4 nitrogen and oxygen atoms in total. The van der Waals surface area contributed by atoms with Gasteiger partial charge in [-0.15, -0.1) is 0 Å². The average molecular weight is 239 g/mol. The fourth-order valence-electron chi connectivity index (χ4n) is 1.35. The van der Waals surface area contributed by atoms with Crippen LogP contribution in [0.3, 0.4) is 0 Å². The van der Waals surface area contributed by atoms with Crippen molar-refractivity contribution in [2.45, 2.75) is 6.54 Å². The lowest BCUT2D eigenvalue weighted by Gasteiger charge is -2.13. The van der Waals surface area contributed by atoms with Crippen molar-refractivity contribution < 1.29 is 14.2 Å². The maximum atomic E-state index is 5.25. The minimum Gasteiger partial charge on any atom is -0.496 e. The van der Waals surface area contributed by atoms with Gasteiger partial charge in [0.2, 0.25) is 0 Å². The standard InChI is InChI=1S/C11H13NO3S/c1-13-8-4-10(14-2)9(6-12-7-16)11(5-8)15-3/h4-5H,6H2,1-3H3. The van der Waals surface area contributed by atoms with Gasteiger partial charge in [0.25, 0.3) is 0 Å². The van der Waals surface area contributed by atoms with E-state index in [9.17, 15) is 0 Å². The molecule has 16 heavy (non-hydrogen) atoms. The van der Waals surface area contributed by atoms with Gasteiger partial charge in [-0.1, -0.05) is 0 Å². The normalized spacial score (nSPS) is 9.19. The summed E-state index contributed by atoms with van der Waals surface area (Å²) < 4.78 is 15.6. The molecule has 0 unspecified atom stereocenters. The summed E-state index contributed by atoms with van der Waals surface area (Å²) in [6.07, 6.45) is 0. The number of thiocarbonyl (C=S) groups is 1. The van der Waals surface area contributed by atoms with Gasteiger partial charge in [-0.25, -0.2) is 4.99 Å². The fourth-order valence-corrected chi connectivity index (χ4v) is 1.41. The third-order valence-corrected chi connectivity index (χ3v) is 2.25. The molecular weight excluding hydrogens is 226 g/mol. The Balaban J connectivity index is 3.24. The predicted molar refractivity (Wildman–Crippen MR) is 64.8 cm³/mol. The van der Waals surface area contributed by atoms with Crippen LogP contribution in [0.1, 0.15) is 5.56 Å². The fraction of sp³-hybridized carbons (Fsp3) is 0.364. The Morgan fingerprint density at radius 3 is 2.06 bits per heavy atom. The Labute approximate surface area is 99.9 Å². The molecule has 0 aromatic heterocycles. The zero-order valence-electron chi connectivity index (χ0n) is 9.44. The number of nitrogens with zero attached hydrogens (tertiary/aromatic N) is 1. The van der Waals surface area contributed by atoms with Crippen LogP contribution in [0.25, 0.3) is 0 Å². The largest absolute Gasteiger partial charge is 0.496 e. The van der Waals surface area contributed by atoms with E-state index in [0.29, 0.717) is 23.8 Å². The van der Waals surface area contributed by atoms with Gasteiger partial charge >= 0.3 is 0 Å². The highest BCUT2D eigenvalue weighted by molar-refractivity contribution is 7.78. The average Bonchev–Trinajstić information content (AvgIpc) is 2.35. The van der Waals surface area contributed by atoms with Crippen molar-refractivity contribution in [2.24, 2.45) is 4.99 Å². The summed E-state index contributed by atoms with van der Waals surface area (Å²) in [4.78, 5) is 3.88. The first-order valence-electron chi connectivity index (χ1n) is 4.59. The summed E-state index contributed by atoms with van der Waals surface area (Å²) in [6, 6.07) is 3.55. The minimum atomic E-state index is 0.375. The molecule has 0 bridgehead atoms. The highest BCUT2D eigenvalue weighted by Crippen LogP contribution is 2.34. The van der Waals surface area contributed by atoms with Crippen LogP contribution in [0.4, 0.5) is 0 Å². The Morgan fingerprint density at radius 2 is 1.69 bits per heavy atom. The van der Waals surface area contributed by atoms with E-state index >= 15 is 0 Å². The summed E-state index contributed by atoms with van der Waals surface area (Å²) in [7, 11) is 4.75. The lowest BCUT2D eigenvalue weighted by atomic mass is 10.1. The molecule has 0 saturated carbocycles. The summed E-state index contributed by atoms with van der Waals surface area (Å²) in [5.41, 5.74) is 0.822. The van der Waals surface area contributed by atoms with Gasteiger partial charge in [0.15, 0.2) is 0 Å². The molecule has 1 aromatic rings. The lowest BCUT2D eigenvalue weighted by molar-refractivity contribution is 0.369. The Hall–Kier alpha value is -1.58. The highest BCUT2D eigenvalue weighted by Gasteiger charge is 2.12. The van der Waals surface area contributed by atoms with Crippen LogP contribution < -0.4 is 14.2 Å². The molecule has 1 rings (SSSR count). The van der Waals surface area contributed by atoms with Crippen molar-refractivity contribution in [3.05, 3.63) is 17.7 Å². The van der Waals surface area contributed by atoms with Crippen molar-refractivity contribution in [3.8, 4) is 17.2 Å². The molecule has 1 aromatic carbocycles. The maximum Gasteiger partial charge on any atom is 0.131 e. The van der Waals surface area contributed by atoms with Crippen LogP contribution in [0.2, 0.25) is 0 Å². The molecule has 0 spiro atoms. The molecular formula is C11H13NO3S. The number of ether oxygens (including phenoxy) is 3. The summed E-state index contributed by atoms with van der Waals surface area (Å²) in [5.74, 6) is 1.99. The second-order valence-electron chi connectivity index (χ2n) is 2.92. The maximum absolute atomic E-state index is 5.25. The van der Waals surface area contributed by atoms with Crippen LogP contribution in [-0.2, 0) is 6.54 Å². The predicted octanol–water partition coefficient (Wildman–Crippen LogP) is 2.32. The number of hydrogen-bond acceptors (Lipinski definition) is 5. The highest BCUT2D eigenvalue weighted by atomic mass is 32.1. The van der Waals surface area contributed by atoms with Gasteiger partial charge in [0, 0.05) is 12.1 Å². The summed E-state index contributed by atoms with van der Waals surface area (Å²) in [5, 5.41) is 2.31. The molecule has 0 amide bonds. The van der Waals surface area contributed by atoms with E-state index in [1.807, 2.05) is 0 Å². The first-order chi connectivity index (χ1) is 7.76. The van der Waals surface area contributed by atoms with Crippen LogP contribution in [0.5, 0.6) is 17.2 Å². The quantitative estimate of drug-likeness (QED) is 0.584. The van der Waals surface area contributed by atoms with Crippen molar-refractivity contribution in [2.75, 3.05) is 21.3 Å². The second-order valence-corrected chi connectivity index (χ2v) is 3.10. The van der Waals surface area contributed by atoms with E-state index in [-0.39, 0.29) is 0 Å². The first-order valence-corrected chi connectivity index (χ1v) is 5.00. The van der Waals surface area contributed by atoms with E-state index in [1.165, 1.54) is 0 Å². The van der Waals surface area contributed by atoms with Gasteiger partial charge in [0.05, 0.1) is 38.6 Å². The van der Waals surface area contributed by atoms with E-state index < -0.39 is 0 Å². The summed E-state index contributed by atoms with van der Waals surface area (Å²) >= 11 is 4.54. The smallest absolute Gasteiger partial charge is 0.131 e. The van der Waals surface area contributed by atoms with Crippen LogP contribution in [0, 0.1) is 0 Å². The Kier molecular flexibility index (Phi) is 4.76. The van der Waals surface area contributed by atoms with E-state index in [0.717, 1.165) is 5.56 Å². The number of methoxy groups -OCH3 is 3. The van der Waals surface area contributed by atoms with Gasteiger partial charge in [0.1, 0.15) is 17.2 Å². The topological polar surface area (TPSA) is 40.0 Å². The number of aliphatic imine (C=N–C) groups is 1. The van der Waals surface area contributed by atoms with Crippen molar-refractivity contribution in [3.63, 3.8) is 0 Å². The van der Waals surface area contributed by atoms with Crippen molar-refractivity contribution in [1.29, 1.82) is 0 Å². The van der Waals surface area contributed by atoms with E-state index in [1.54, 1.807) is 33.5 Å². The molecule has 0 aliphatic carbocycles. The molecule has 0 heterocycles. The summed E-state index contributed by atoms with van der Waals surface area (Å²) in [6.45, 7) is 0.375. The SMILES string of the molecule is COc1cc(OC)c(CN=C=S)c(OC)c1. The van der Waals surface area contributed by atoms with E-state index in [2.05, 4.69) is 22.4 Å². The first kappa shape index (κ1) is 12.5. The monoisotopic (exact) mass is 239 g/mol.